The van der Waals surface area contributed by atoms with Gasteiger partial charge in [0.25, 0.3) is 0 Å². The zero-order valence-corrected chi connectivity index (χ0v) is 11.2. The molecule has 2 N–H and O–H groups in total. The standard InChI is InChI=1S/C15H16N2O3/c1-2-6-13(18)11-9-12(15(19)20)17-14(16-11)10-7-4-3-5-8-10/h3-5,7-9,13,18H,2,6H2,1H3,(H,19,20). The van der Waals surface area contributed by atoms with E-state index in [1.54, 1.807) is 12.1 Å². The molecular formula is C15H16N2O3. The average molecular weight is 272 g/mol. The van der Waals surface area contributed by atoms with Crippen molar-refractivity contribution in [2.24, 2.45) is 0 Å². The van der Waals surface area contributed by atoms with E-state index in [1.165, 1.54) is 6.07 Å². The lowest BCUT2D eigenvalue weighted by atomic mass is 10.1. The quantitative estimate of drug-likeness (QED) is 0.874. The molecule has 5 nitrogen and oxygen atoms in total. The van der Waals surface area contributed by atoms with Gasteiger partial charge in [0.1, 0.15) is 0 Å². The van der Waals surface area contributed by atoms with Crippen molar-refractivity contribution in [2.75, 3.05) is 0 Å². The second-order valence-corrected chi connectivity index (χ2v) is 4.48. The molecule has 104 valence electrons. The number of aliphatic hydroxyl groups is 1. The molecule has 0 aliphatic carbocycles. The van der Waals surface area contributed by atoms with E-state index in [0.717, 1.165) is 12.0 Å². The number of aromatic nitrogens is 2. The third-order valence-electron chi connectivity index (χ3n) is 2.90. The molecule has 1 heterocycles. The monoisotopic (exact) mass is 272 g/mol. The van der Waals surface area contributed by atoms with E-state index >= 15 is 0 Å². The summed E-state index contributed by atoms with van der Waals surface area (Å²) in [6.07, 6.45) is 0.544. The van der Waals surface area contributed by atoms with E-state index in [1.807, 2.05) is 25.1 Å². The Bertz CT molecular complexity index is 599. The van der Waals surface area contributed by atoms with Gasteiger partial charge in [-0.2, -0.15) is 0 Å². The molecular weight excluding hydrogens is 256 g/mol. The fraction of sp³-hybridized carbons (Fsp3) is 0.267. The minimum Gasteiger partial charge on any atom is -0.477 e. The Kier molecular flexibility index (Phi) is 4.42. The molecule has 0 amide bonds. The number of hydrogen-bond donors (Lipinski definition) is 2. The topological polar surface area (TPSA) is 83.3 Å². The molecule has 1 atom stereocenters. The SMILES string of the molecule is CCCC(O)c1cc(C(=O)O)nc(-c2ccccc2)n1. The molecule has 2 aromatic rings. The maximum Gasteiger partial charge on any atom is 0.354 e. The zero-order valence-electron chi connectivity index (χ0n) is 11.2. The number of nitrogens with zero attached hydrogens (tertiary/aromatic N) is 2. The van der Waals surface area contributed by atoms with Crippen LogP contribution in [0.4, 0.5) is 0 Å². The highest BCUT2D eigenvalue weighted by Crippen LogP contribution is 2.21. The predicted octanol–water partition coefficient (Wildman–Crippen LogP) is 2.68. The molecule has 0 saturated carbocycles. The maximum absolute atomic E-state index is 11.1. The summed E-state index contributed by atoms with van der Waals surface area (Å²) in [6.45, 7) is 1.95. The van der Waals surface area contributed by atoms with Crippen LogP contribution in [0.1, 0.15) is 42.1 Å². The van der Waals surface area contributed by atoms with Gasteiger partial charge in [0, 0.05) is 5.56 Å². The molecule has 0 saturated heterocycles. The molecule has 1 aromatic carbocycles. The molecule has 0 fully saturated rings. The Morgan fingerprint density at radius 1 is 1.25 bits per heavy atom. The lowest BCUT2D eigenvalue weighted by Crippen LogP contribution is -2.09. The second-order valence-electron chi connectivity index (χ2n) is 4.48. The highest BCUT2D eigenvalue weighted by molar-refractivity contribution is 5.86. The first kappa shape index (κ1) is 14.1. The maximum atomic E-state index is 11.1. The minimum atomic E-state index is -1.13. The summed E-state index contributed by atoms with van der Waals surface area (Å²) in [7, 11) is 0. The number of aromatic carboxylic acids is 1. The first-order valence-corrected chi connectivity index (χ1v) is 6.47. The minimum absolute atomic E-state index is 0.107. The van der Waals surface area contributed by atoms with Crippen molar-refractivity contribution in [3.63, 3.8) is 0 Å². The molecule has 1 aromatic heterocycles. The zero-order chi connectivity index (χ0) is 14.5. The second kappa shape index (κ2) is 6.25. The molecule has 1 unspecified atom stereocenters. The lowest BCUT2D eigenvalue weighted by molar-refractivity contribution is 0.0689. The normalized spacial score (nSPS) is 12.1. The Morgan fingerprint density at radius 3 is 2.55 bits per heavy atom. The van der Waals surface area contributed by atoms with Crippen LogP contribution in [0.25, 0.3) is 11.4 Å². The smallest absolute Gasteiger partial charge is 0.354 e. The van der Waals surface area contributed by atoms with Crippen LogP contribution in [0.2, 0.25) is 0 Å². The van der Waals surface area contributed by atoms with Crippen LogP contribution in [0.5, 0.6) is 0 Å². The van der Waals surface area contributed by atoms with Gasteiger partial charge in [0.15, 0.2) is 11.5 Å². The van der Waals surface area contributed by atoms with Crippen molar-refractivity contribution in [3.8, 4) is 11.4 Å². The van der Waals surface area contributed by atoms with E-state index in [0.29, 0.717) is 17.9 Å². The number of aliphatic hydroxyl groups excluding tert-OH is 1. The molecule has 2 rings (SSSR count). The number of benzene rings is 1. The summed E-state index contributed by atoms with van der Waals surface area (Å²) in [5.74, 6) is -0.815. The van der Waals surface area contributed by atoms with Crippen molar-refractivity contribution >= 4 is 5.97 Å². The van der Waals surface area contributed by atoms with Crippen LogP contribution in [-0.4, -0.2) is 26.2 Å². The average Bonchev–Trinajstić information content (AvgIpc) is 2.48. The first-order valence-electron chi connectivity index (χ1n) is 6.47. The number of hydrogen-bond acceptors (Lipinski definition) is 4. The molecule has 0 spiro atoms. The third-order valence-corrected chi connectivity index (χ3v) is 2.90. The summed E-state index contributed by atoms with van der Waals surface area (Å²) < 4.78 is 0. The third kappa shape index (κ3) is 3.19. The van der Waals surface area contributed by atoms with Gasteiger partial charge in [-0.1, -0.05) is 43.7 Å². The van der Waals surface area contributed by atoms with E-state index in [4.69, 9.17) is 5.11 Å². The highest BCUT2D eigenvalue weighted by Gasteiger charge is 2.16. The fourth-order valence-electron chi connectivity index (χ4n) is 1.88. The lowest BCUT2D eigenvalue weighted by Gasteiger charge is -2.11. The summed E-state index contributed by atoms with van der Waals surface area (Å²) in [4.78, 5) is 19.4. The largest absolute Gasteiger partial charge is 0.477 e. The van der Waals surface area contributed by atoms with Crippen molar-refractivity contribution < 1.29 is 15.0 Å². The van der Waals surface area contributed by atoms with E-state index < -0.39 is 12.1 Å². The molecule has 20 heavy (non-hydrogen) atoms. The van der Waals surface area contributed by atoms with E-state index in [-0.39, 0.29) is 5.69 Å². The van der Waals surface area contributed by atoms with Crippen LogP contribution in [-0.2, 0) is 0 Å². The number of carboxylic acids is 1. The number of rotatable bonds is 5. The predicted molar refractivity (Wildman–Crippen MR) is 74.3 cm³/mol. The van der Waals surface area contributed by atoms with E-state index in [9.17, 15) is 9.90 Å². The van der Waals surface area contributed by atoms with Crippen LogP contribution in [0.15, 0.2) is 36.4 Å². The van der Waals surface area contributed by atoms with Gasteiger partial charge in [-0.05, 0) is 12.5 Å². The molecule has 0 radical (unpaired) electrons. The molecule has 5 heteroatoms. The first-order chi connectivity index (χ1) is 9.61. The van der Waals surface area contributed by atoms with Gasteiger partial charge in [-0.3, -0.25) is 0 Å². The Balaban J connectivity index is 2.49. The van der Waals surface area contributed by atoms with Crippen LogP contribution >= 0.6 is 0 Å². The summed E-state index contributed by atoms with van der Waals surface area (Å²) >= 11 is 0. The number of carboxylic acid groups (broad SMARTS) is 1. The molecule has 0 bridgehead atoms. The van der Waals surface area contributed by atoms with Crippen LogP contribution in [0, 0.1) is 0 Å². The molecule has 0 aliphatic rings. The Hall–Kier alpha value is -2.27. The van der Waals surface area contributed by atoms with Gasteiger partial charge in [-0.25, -0.2) is 14.8 Å². The van der Waals surface area contributed by atoms with Crippen molar-refractivity contribution in [1.82, 2.24) is 9.97 Å². The van der Waals surface area contributed by atoms with Gasteiger partial charge < -0.3 is 10.2 Å². The van der Waals surface area contributed by atoms with E-state index in [2.05, 4.69) is 9.97 Å². The van der Waals surface area contributed by atoms with Crippen molar-refractivity contribution in [2.45, 2.75) is 25.9 Å². The summed E-state index contributed by atoms with van der Waals surface area (Å²) in [6, 6.07) is 10.4. The molecule has 0 aliphatic heterocycles. The van der Waals surface area contributed by atoms with Crippen LogP contribution < -0.4 is 0 Å². The van der Waals surface area contributed by atoms with Gasteiger partial charge in [0.05, 0.1) is 11.8 Å². The summed E-state index contributed by atoms with van der Waals surface area (Å²) in [5.41, 5.74) is 0.961. The van der Waals surface area contributed by atoms with Crippen LogP contribution in [0.3, 0.4) is 0 Å². The van der Waals surface area contributed by atoms with Crippen molar-refractivity contribution in [3.05, 3.63) is 47.8 Å². The highest BCUT2D eigenvalue weighted by atomic mass is 16.4. The Morgan fingerprint density at radius 2 is 1.95 bits per heavy atom. The van der Waals surface area contributed by atoms with Gasteiger partial charge in [-0.15, -0.1) is 0 Å². The number of carbonyl (C=O) groups is 1. The fourth-order valence-corrected chi connectivity index (χ4v) is 1.88. The van der Waals surface area contributed by atoms with Gasteiger partial charge in [0.2, 0.25) is 0 Å². The Labute approximate surface area is 117 Å². The van der Waals surface area contributed by atoms with Crippen molar-refractivity contribution in [1.29, 1.82) is 0 Å². The van der Waals surface area contributed by atoms with Gasteiger partial charge >= 0.3 is 5.97 Å². The summed E-state index contributed by atoms with van der Waals surface area (Å²) in [5, 5.41) is 19.1.